The third-order valence-corrected chi connectivity index (χ3v) is 4.58. The summed E-state index contributed by atoms with van der Waals surface area (Å²) in [4.78, 5) is 0. The highest BCUT2D eigenvalue weighted by atomic mass is 32.2. The summed E-state index contributed by atoms with van der Waals surface area (Å²) in [5.41, 5.74) is 0. The van der Waals surface area contributed by atoms with E-state index in [0.717, 1.165) is 13.1 Å². The molecule has 0 radical (unpaired) electrons. The number of hydrogen-bond donors (Lipinski definition) is 1. The van der Waals surface area contributed by atoms with E-state index in [4.69, 9.17) is 4.74 Å². The molecule has 1 N–H and O–H groups in total. The molecule has 0 spiro atoms. The summed E-state index contributed by atoms with van der Waals surface area (Å²) in [5, 5.41) is 2.67. The molecule has 0 aromatic carbocycles. The summed E-state index contributed by atoms with van der Waals surface area (Å²) in [6.07, 6.45) is 0. The Labute approximate surface area is 85.5 Å². The van der Waals surface area contributed by atoms with Crippen molar-refractivity contribution in [3.05, 3.63) is 0 Å². The Balaban J connectivity index is 2.62. The first-order valence-electron chi connectivity index (χ1n) is 4.77. The van der Waals surface area contributed by atoms with Crippen molar-refractivity contribution in [3.8, 4) is 0 Å². The molecule has 1 rings (SSSR count). The molecular weight excluding hydrogens is 204 g/mol. The molecule has 1 heterocycles. The van der Waals surface area contributed by atoms with Gasteiger partial charge in [-0.1, -0.05) is 0 Å². The molecule has 84 valence electrons. The first-order chi connectivity index (χ1) is 6.59. The molecule has 0 unspecified atom stereocenters. The van der Waals surface area contributed by atoms with Crippen LogP contribution >= 0.6 is 0 Å². The van der Waals surface area contributed by atoms with Gasteiger partial charge in [0.1, 0.15) is 0 Å². The fourth-order valence-electron chi connectivity index (χ4n) is 1.47. The maximum absolute atomic E-state index is 11.9. The Morgan fingerprint density at radius 2 is 2.00 bits per heavy atom. The molecule has 0 aromatic rings. The van der Waals surface area contributed by atoms with Crippen LogP contribution in [0, 0.1) is 0 Å². The van der Waals surface area contributed by atoms with Crippen LogP contribution in [-0.4, -0.2) is 57.9 Å². The van der Waals surface area contributed by atoms with Crippen molar-refractivity contribution >= 4 is 10.0 Å². The molecular formula is C8H18N2O3S. The smallest absolute Gasteiger partial charge is 0.219 e. The molecule has 0 bridgehead atoms. The molecule has 1 saturated heterocycles. The number of nitrogens with one attached hydrogen (secondary N) is 1. The molecule has 6 heteroatoms. The topological polar surface area (TPSA) is 58.6 Å². The molecule has 1 aliphatic heterocycles. The number of nitrogens with zero attached hydrogens (tertiary/aromatic N) is 1. The molecule has 0 aromatic heterocycles. The molecule has 1 atom stereocenters. The number of piperazine rings is 1. The van der Waals surface area contributed by atoms with Gasteiger partial charge >= 0.3 is 0 Å². The van der Waals surface area contributed by atoms with Crippen molar-refractivity contribution in [2.75, 3.05) is 39.9 Å². The zero-order valence-corrected chi connectivity index (χ0v) is 9.51. The van der Waals surface area contributed by atoms with E-state index in [0.29, 0.717) is 13.1 Å². The third-order valence-electron chi connectivity index (χ3n) is 2.35. The normalized spacial score (nSPS) is 22.1. The van der Waals surface area contributed by atoms with Gasteiger partial charge in [-0.25, -0.2) is 8.42 Å². The highest BCUT2D eigenvalue weighted by molar-refractivity contribution is 7.89. The molecule has 0 aliphatic carbocycles. The summed E-state index contributed by atoms with van der Waals surface area (Å²) in [7, 11) is -1.64. The van der Waals surface area contributed by atoms with Gasteiger partial charge in [-0.05, 0) is 6.92 Å². The summed E-state index contributed by atoms with van der Waals surface area (Å²) >= 11 is 0. The maximum atomic E-state index is 11.9. The number of rotatable bonds is 4. The second kappa shape index (κ2) is 5.06. The van der Waals surface area contributed by atoms with E-state index in [1.165, 1.54) is 11.4 Å². The van der Waals surface area contributed by atoms with Crippen molar-refractivity contribution in [1.29, 1.82) is 0 Å². The predicted octanol–water partition coefficient (Wildman–Crippen LogP) is -0.744. The van der Waals surface area contributed by atoms with Crippen LogP contribution in [0.25, 0.3) is 0 Å². The van der Waals surface area contributed by atoms with E-state index in [9.17, 15) is 8.42 Å². The Bertz CT molecular complexity index is 260. The molecule has 1 aliphatic rings. The standard InChI is InChI=1S/C8H18N2O3S/c1-8(7-13-2)14(11,12)10-5-3-9-4-6-10/h8-9H,3-7H2,1-2H3/t8-/m0/s1. The van der Waals surface area contributed by atoms with Crippen LogP contribution in [0.2, 0.25) is 0 Å². The van der Waals surface area contributed by atoms with Gasteiger partial charge in [0.05, 0.1) is 11.9 Å². The first kappa shape index (κ1) is 11.9. The zero-order valence-electron chi connectivity index (χ0n) is 8.69. The Kier molecular flexibility index (Phi) is 4.31. The summed E-state index contributed by atoms with van der Waals surface area (Å²) in [5.74, 6) is 0. The molecule has 0 saturated carbocycles. The van der Waals surface area contributed by atoms with Crippen LogP contribution in [0.3, 0.4) is 0 Å². The van der Waals surface area contributed by atoms with Crippen molar-refractivity contribution in [2.45, 2.75) is 12.2 Å². The fraction of sp³-hybridized carbons (Fsp3) is 1.00. The summed E-state index contributed by atoms with van der Waals surface area (Å²) in [6.45, 7) is 4.54. The van der Waals surface area contributed by atoms with Crippen LogP contribution in [0.4, 0.5) is 0 Å². The molecule has 1 fully saturated rings. The lowest BCUT2D eigenvalue weighted by Crippen LogP contribution is -2.49. The minimum atomic E-state index is -3.16. The van der Waals surface area contributed by atoms with Crippen molar-refractivity contribution < 1.29 is 13.2 Å². The monoisotopic (exact) mass is 222 g/mol. The number of ether oxygens (including phenoxy) is 1. The van der Waals surface area contributed by atoms with Gasteiger partial charge < -0.3 is 10.1 Å². The largest absolute Gasteiger partial charge is 0.383 e. The van der Waals surface area contributed by atoms with E-state index in [2.05, 4.69) is 5.32 Å². The van der Waals surface area contributed by atoms with Crippen LogP contribution < -0.4 is 5.32 Å². The van der Waals surface area contributed by atoms with E-state index in [-0.39, 0.29) is 6.61 Å². The average molecular weight is 222 g/mol. The number of sulfonamides is 1. The van der Waals surface area contributed by atoms with Gasteiger partial charge in [0.2, 0.25) is 10.0 Å². The van der Waals surface area contributed by atoms with Crippen molar-refractivity contribution in [1.82, 2.24) is 9.62 Å². The van der Waals surface area contributed by atoms with E-state index < -0.39 is 15.3 Å². The lowest BCUT2D eigenvalue weighted by molar-refractivity contribution is 0.197. The SMILES string of the molecule is COC[C@H](C)S(=O)(=O)N1CCNCC1. The van der Waals surface area contributed by atoms with Crippen LogP contribution in [0.15, 0.2) is 0 Å². The molecule has 5 nitrogen and oxygen atoms in total. The summed E-state index contributed by atoms with van der Waals surface area (Å²) in [6, 6.07) is 0. The third kappa shape index (κ3) is 2.66. The number of hydrogen-bond acceptors (Lipinski definition) is 4. The van der Waals surface area contributed by atoms with Crippen molar-refractivity contribution in [2.24, 2.45) is 0 Å². The minimum absolute atomic E-state index is 0.256. The van der Waals surface area contributed by atoms with Gasteiger partial charge in [0.15, 0.2) is 0 Å². The van der Waals surface area contributed by atoms with Gasteiger partial charge in [-0.15, -0.1) is 0 Å². The lowest BCUT2D eigenvalue weighted by Gasteiger charge is -2.29. The van der Waals surface area contributed by atoms with Crippen LogP contribution in [-0.2, 0) is 14.8 Å². The van der Waals surface area contributed by atoms with Crippen molar-refractivity contribution in [3.63, 3.8) is 0 Å². The minimum Gasteiger partial charge on any atom is -0.383 e. The maximum Gasteiger partial charge on any atom is 0.219 e. The average Bonchev–Trinajstić information content (AvgIpc) is 2.19. The Hall–Kier alpha value is -0.170. The highest BCUT2D eigenvalue weighted by Gasteiger charge is 2.29. The van der Waals surface area contributed by atoms with Gasteiger partial charge in [0, 0.05) is 33.3 Å². The molecule has 0 amide bonds. The second-order valence-electron chi connectivity index (χ2n) is 3.46. The van der Waals surface area contributed by atoms with E-state index >= 15 is 0 Å². The number of methoxy groups -OCH3 is 1. The van der Waals surface area contributed by atoms with Gasteiger partial charge in [-0.2, -0.15) is 4.31 Å². The second-order valence-corrected chi connectivity index (χ2v) is 5.81. The van der Waals surface area contributed by atoms with Crippen LogP contribution in [0.5, 0.6) is 0 Å². The zero-order chi connectivity index (χ0) is 10.6. The summed E-state index contributed by atoms with van der Waals surface area (Å²) < 4.78 is 30.2. The first-order valence-corrected chi connectivity index (χ1v) is 6.28. The Morgan fingerprint density at radius 1 is 1.43 bits per heavy atom. The predicted molar refractivity (Wildman–Crippen MR) is 54.7 cm³/mol. The van der Waals surface area contributed by atoms with Gasteiger partial charge in [0.25, 0.3) is 0 Å². The fourth-order valence-corrected chi connectivity index (χ4v) is 2.98. The highest BCUT2D eigenvalue weighted by Crippen LogP contribution is 2.09. The Morgan fingerprint density at radius 3 is 2.50 bits per heavy atom. The van der Waals surface area contributed by atoms with E-state index in [1.54, 1.807) is 6.92 Å². The van der Waals surface area contributed by atoms with Gasteiger partial charge in [-0.3, -0.25) is 0 Å². The van der Waals surface area contributed by atoms with E-state index in [1.807, 2.05) is 0 Å². The molecule has 14 heavy (non-hydrogen) atoms. The lowest BCUT2D eigenvalue weighted by atomic mass is 10.4. The van der Waals surface area contributed by atoms with Crippen LogP contribution in [0.1, 0.15) is 6.92 Å². The quantitative estimate of drug-likeness (QED) is 0.680.